The molecule has 1 aliphatic carbocycles. The third kappa shape index (κ3) is 2.63. The SMILES string of the molecule is CN(C(=O)c1cc(F)ccc1O)C1CCCCC1. The number of carbonyl (C=O) groups is 1. The third-order valence-electron chi connectivity index (χ3n) is 3.63. The van der Waals surface area contributed by atoms with Gasteiger partial charge in [-0.05, 0) is 31.0 Å². The average Bonchev–Trinajstić information content (AvgIpc) is 2.41. The Labute approximate surface area is 106 Å². The van der Waals surface area contributed by atoms with Crippen LogP contribution < -0.4 is 0 Å². The Morgan fingerprint density at radius 3 is 2.67 bits per heavy atom. The summed E-state index contributed by atoms with van der Waals surface area (Å²) in [5, 5.41) is 9.64. The fraction of sp³-hybridized carbons (Fsp3) is 0.500. The van der Waals surface area contributed by atoms with Crippen LogP contribution in [0.3, 0.4) is 0 Å². The topological polar surface area (TPSA) is 40.5 Å². The minimum absolute atomic E-state index is 0.0445. The zero-order chi connectivity index (χ0) is 13.1. The second-order valence-electron chi connectivity index (χ2n) is 4.87. The first-order valence-corrected chi connectivity index (χ1v) is 6.35. The van der Waals surface area contributed by atoms with Crippen molar-refractivity contribution in [2.45, 2.75) is 38.1 Å². The smallest absolute Gasteiger partial charge is 0.257 e. The summed E-state index contributed by atoms with van der Waals surface area (Å²) in [4.78, 5) is 13.8. The van der Waals surface area contributed by atoms with Crippen LogP contribution in [0.25, 0.3) is 0 Å². The lowest BCUT2D eigenvalue weighted by molar-refractivity contribution is 0.0692. The lowest BCUT2D eigenvalue weighted by Crippen LogP contribution is -2.38. The van der Waals surface area contributed by atoms with Crippen molar-refractivity contribution in [3.8, 4) is 5.75 Å². The maximum absolute atomic E-state index is 13.1. The summed E-state index contributed by atoms with van der Waals surface area (Å²) in [7, 11) is 1.72. The van der Waals surface area contributed by atoms with Gasteiger partial charge in [0.15, 0.2) is 0 Å². The molecule has 1 saturated carbocycles. The van der Waals surface area contributed by atoms with Crippen LogP contribution in [0.2, 0.25) is 0 Å². The Balaban J connectivity index is 2.16. The van der Waals surface area contributed by atoms with Crippen LogP contribution >= 0.6 is 0 Å². The van der Waals surface area contributed by atoms with Crippen LogP contribution in [0.5, 0.6) is 5.75 Å². The Kier molecular flexibility index (Phi) is 3.84. The number of halogens is 1. The highest BCUT2D eigenvalue weighted by Crippen LogP contribution is 2.25. The molecular formula is C14H18FNO2. The van der Waals surface area contributed by atoms with Crippen LogP contribution in [-0.2, 0) is 0 Å². The highest BCUT2D eigenvalue weighted by atomic mass is 19.1. The first-order valence-electron chi connectivity index (χ1n) is 6.35. The first-order chi connectivity index (χ1) is 8.59. The fourth-order valence-corrected chi connectivity index (χ4v) is 2.50. The average molecular weight is 251 g/mol. The number of hydrogen-bond acceptors (Lipinski definition) is 2. The van der Waals surface area contributed by atoms with E-state index in [-0.39, 0.29) is 23.3 Å². The maximum Gasteiger partial charge on any atom is 0.257 e. The molecule has 0 heterocycles. The number of amides is 1. The molecule has 0 aliphatic heterocycles. The summed E-state index contributed by atoms with van der Waals surface area (Å²) in [6.07, 6.45) is 5.43. The number of aromatic hydroxyl groups is 1. The Hall–Kier alpha value is -1.58. The van der Waals surface area contributed by atoms with Crippen LogP contribution in [0.15, 0.2) is 18.2 Å². The largest absolute Gasteiger partial charge is 0.507 e. The van der Waals surface area contributed by atoms with Crippen molar-refractivity contribution in [3.05, 3.63) is 29.6 Å². The molecule has 1 aromatic carbocycles. The summed E-state index contributed by atoms with van der Waals surface area (Å²) in [6, 6.07) is 3.66. The fourth-order valence-electron chi connectivity index (χ4n) is 2.50. The van der Waals surface area contributed by atoms with Gasteiger partial charge in [0, 0.05) is 13.1 Å². The van der Waals surface area contributed by atoms with Gasteiger partial charge < -0.3 is 10.0 Å². The normalized spacial score (nSPS) is 16.6. The van der Waals surface area contributed by atoms with Crippen molar-refractivity contribution in [2.24, 2.45) is 0 Å². The molecule has 4 heteroatoms. The van der Waals surface area contributed by atoms with E-state index in [9.17, 15) is 14.3 Å². The number of phenolic OH excluding ortho intramolecular Hbond substituents is 1. The maximum atomic E-state index is 13.1. The molecule has 0 atom stereocenters. The molecule has 0 unspecified atom stereocenters. The number of carbonyl (C=O) groups excluding carboxylic acids is 1. The van der Waals surface area contributed by atoms with E-state index in [2.05, 4.69) is 0 Å². The Morgan fingerprint density at radius 2 is 2.00 bits per heavy atom. The minimum Gasteiger partial charge on any atom is -0.507 e. The van der Waals surface area contributed by atoms with Crippen molar-refractivity contribution in [3.63, 3.8) is 0 Å². The first kappa shape index (κ1) is 12.9. The standard InChI is InChI=1S/C14H18FNO2/c1-16(11-5-3-2-4-6-11)14(18)12-9-10(15)7-8-13(12)17/h7-9,11,17H,2-6H2,1H3. The molecule has 0 radical (unpaired) electrons. The van der Waals surface area contributed by atoms with Gasteiger partial charge in [0.05, 0.1) is 5.56 Å². The van der Waals surface area contributed by atoms with E-state index >= 15 is 0 Å². The molecule has 3 nitrogen and oxygen atoms in total. The molecule has 18 heavy (non-hydrogen) atoms. The number of rotatable bonds is 2. The highest BCUT2D eigenvalue weighted by molar-refractivity contribution is 5.96. The predicted molar refractivity (Wildman–Crippen MR) is 67.0 cm³/mol. The van der Waals surface area contributed by atoms with Crippen molar-refractivity contribution >= 4 is 5.91 Å². The molecule has 1 N–H and O–H groups in total. The quantitative estimate of drug-likeness (QED) is 0.878. The van der Waals surface area contributed by atoms with E-state index in [1.165, 1.54) is 12.5 Å². The zero-order valence-electron chi connectivity index (χ0n) is 10.5. The van der Waals surface area contributed by atoms with Crippen LogP contribution in [0.1, 0.15) is 42.5 Å². The molecule has 0 spiro atoms. The van der Waals surface area contributed by atoms with Crippen molar-refractivity contribution in [2.75, 3.05) is 7.05 Å². The number of benzene rings is 1. The van der Waals surface area contributed by atoms with E-state index < -0.39 is 5.82 Å². The lowest BCUT2D eigenvalue weighted by Gasteiger charge is -2.31. The zero-order valence-corrected chi connectivity index (χ0v) is 10.5. The molecule has 98 valence electrons. The van der Waals surface area contributed by atoms with Crippen LogP contribution in [0, 0.1) is 5.82 Å². The molecule has 0 saturated heterocycles. The van der Waals surface area contributed by atoms with Gasteiger partial charge in [0.1, 0.15) is 11.6 Å². The highest BCUT2D eigenvalue weighted by Gasteiger charge is 2.24. The van der Waals surface area contributed by atoms with Gasteiger partial charge in [-0.15, -0.1) is 0 Å². The second kappa shape index (κ2) is 5.38. The van der Waals surface area contributed by atoms with Crippen molar-refractivity contribution in [1.82, 2.24) is 4.90 Å². The second-order valence-corrected chi connectivity index (χ2v) is 4.87. The molecule has 1 aromatic rings. The number of nitrogens with zero attached hydrogens (tertiary/aromatic N) is 1. The van der Waals surface area contributed by atoms with Gasteiger partial charge >= 0.3 is 0 Å². The van der Waals surface area contributed by atoms with Gasteiger partial charge in [0.2, 0.25) is 0 Å². The monoisotopic (exact) mass is 251 g/mol. The molecule has 0 aromatic heterocycles. The van der Waals surface area contributed by atoms with E-state index in [4.69, 9.17) is 0 Å². The van der Waals surface area contributed by atoms with Gasteiger partial charge in [-0.2, -0.15) is 0 Å². The number of phenols is 1. The Bertz CT molecular complexity index is 441. The van der Waals surface area contributed by atoms with Gasteiger partial charge in [-0.25, -0.2) is 4.39 Å². The summed E-state index contributed by atoms with van der Waals surface area (Å²) >= 11 is 0. The van der Waals surface area contributed by atoms with Crippen molar-refractivity contribution < 1.29 is 14.3 Å². The van der Waals surface area contributed by atoms with Crippen LogP contribution in [-0.4, -0.2) is 29.0 Å². The van der Waals surface area contributed by atoms with Crippen LogP contribution in [0.4, 0.5) is 4.39 Å². The molecular weight excluding hydrogens is 233 g/mol. The Morgan fingerprint density at radius 1 is 1.33 bits per heavy atom. The molecule has 0 bridgehead atoms. The minimum atomic E-state index is -0.506. The molecule has 1 amide bonds. The van der Waals surface area contributed by atoms with E-state index in [0.717, 1.165) is 37.8 Å². The molecule has 2 rings (SSSR count). The number of hydrogen-bond donors (Lipinski definition) is 1. The predicted octanol–water partition coefficient (Wildman–Crippen LogP) is 2.94. The van der Waals surface area contributed by atoms with Gasteiger partial charge in [-0.3, -0.25) is 4.79 Å². The van der Waals surface area contributed by atoms with E-state index in [1.807, 2.05) is 0 Å². The van der Waals surface area contributed by atoms with Gasteiger partial charge in [0.25, 0.3) is 5.91 Å². The van der Waals surface area contributed by atoms with E-state index in [1.54, 1.807) is 11.9 Å². The lowest BCUT2D eigenvalue weighted by atomic mass is 9.94. The summed E-state index contributed by atoms with van der Waals surface area (Å²) < 4.78 is 13.1. The summed E-state index contributed by atoms with van der Waals surface area (Å²) in [5.74, 6) is -0.976. The summed E-state index contributed by atoms with van der Waals surface area (Å²) in [6.45, 7) is 0. The third-order valence-corrected chi connectivity index (χ3v) is 3.63. The summed E-state index contributed by atoms with van der Waals surface area (Å²) in [5.41, 5.74) is 0.0445. The van der Waals surface area contributed by atoms with Crippen molar-refractivity contribution in [1.29, 1.82) is 0 Å². The van der Waals surface area contributed by atoms with E-state index in [0.29, 0.717) is 0 Å². The molecule has 1 aliphatic rings. The van der Waals surface area contributed by atoms with Gasteiger partial charge in [-0.1, -0.05) is 19.3 Å². The molecule has 1 fully saturated rings.